The van der Waals surface area contributed by atoms with Crippen molar-refractivity contribution >= 4 is 16.7 Å². The van der Waals surface area contributed by atoms with Crippen LogP contribution in [0.1, 0.15) is 24.2 Å². The molecule has 0 N–H and O–H groups in total. The lowest BCUT2D eigenvalue weighted by Gasteiger charge is -2.39. The lowest BCUT2D eigenvalue weighted by molar-refractivity contribution is -0.00429. The normalized spacial score (nSPS) is 17.0. The smallest absolute Gasteiger partial charge is 0.182 e. The fraction of sp³-hybridized carbons (Fsp3) is 0.412. The molecule has 0 atom stereocenters. The van der Waals surface area contributed by atoms with Crippen LogP contribution in [0, 0.1) is 0 Å². The van der Waals surface area contributed by atoms with E-state index in [9.17, 15) is 4.79 Å². The van der Waals surface area contributed by atoms with Gasteiger partial charge in [-0.25, -0.2) is 0 Å². The second-order valence-corrected chi connectivity index (χ2v) is 5.90. The van der Waals surface area contributed by atoms with Gasteiger partial charge < -0.3 is 4.74 Å². The summed E-state index contributed by atoms with van der Waals surface area (Å²) in [5.41, 5.74) is 1.14. The third-order valence-corrected chi connectivity index (χ3v) is 4.22. The maximum Gasteiger partial charge on any atom is 0.182 e. The highest BCUT2D eigenvalue weighted by Crippen LogP contribution is 2.23. The molecule has 3 rings (SSSR count). The number of hydrogen-bond donors (Lipinski definition) is 0. The fourth-order valence-corrected chi connectivity index (χ4v) is 2.84. The van der Waals surface area contributed by atoms with Crippen molar-refractivity contribution in [1.29, 1.82) is 0 Å². The molecule has 0 saturated carbocycles. The van der Waals surface area contributed by atoms with Crippen molar-refractivity contribution in [2.45, 2.75) is 19.4 Å². The molecular formula is C17H20N2O2. The Morgan fingerprint density at radius 3 is 2.76 bits per heavy atom. The van der Waals surface area contributed by atoms with Gasteiger partial charge in [-0.3, -0.25) is 14.7 Å². The molecule has 0 amide bonds. The van der Waals surface area contributed by atoms with Crippen LogP contribution in [-0.2, 0) is 4.74 Å². The quantitative estimate of drug-likeness (QED) is 0.812. The first-order valence-corrected chi connectivity index (χ1v) is 7.31. The summed E-state index contributed by atoms with van der Waals surface area (Å²) >= 11 is 0. The van der Waals surface area contributed by atoms with Crippen molar-refractivity contribution in [2.24, 2.45) is 0 Å². The van der Waals surface area contributed by atoms with E-state index in [0.717, 1.165) is 29.6 Å². The van der Waals surface area contributed by atoms with Gasteiger partial charge in [0.15, 0.2) is 5.78 Å². The van der Waals surface area contributed by atoms with Crippen LogP contribution in [0.4, 0.5) is 0 Å². The summed E-state index contributed by atoms with van der Waals surface area (Å²) in [5, 5.41) is 1.00. The summed E-state index contributed by atoms with van der Waals surface area (Å²) < 4.78 is 5.38. The average Bonchev–Trinajstić information content (AvgIpc) is 2.54. The van der Waals surface area contributed by atoms with Crippen molar-refractivity contribution in [3.05, 3.63) is 42.1 Å². The third kappa shape index (κ3) is 2.69. The highest BCUT2D eigenvalue weighted by molar-refractivity contribution is 6.04. The predicted octanol–water partition coefficient (Wildman–Crippen LogP) is 2.53. The van der Waals surface area contributed by atoms with Gasteiger partial charge in [0.1, 0.15) is 0 Å². The Morgan fingerprint density at radius 2 is 2.00 bits per heavy atom. The average molecular weight is 284 g/mol. The van der Waals surface area contributed by atoms with E-state index in [1.807, 2.05) is 44.2 Å². The number of Topliss-reactive ketones (excluding diaryl/α,β-unsaturated/α-hetero) is 1. The van der Waals surface area contributed by atoms with Crippen LogP contribution in [0.2, 0.25) is 0 Å². The van der Waals surface area contributed by atoms with E-state index in [-0.39, 0.29) is 5.78 Å². The molecule has 110 valence electrons. The molecule has 1 aromatic carbocycles. The molecule has 4 heteroatoms. The van der Waals surface area contributed by atoms with Gasteiger partial charge in [-0.1, -0.05) is 6.07 Å². The predicted molar refractivity (Wildman–Crippen MR) is 82.5 cm³/mol. The molecule has 0 spiro atoms. The number of benzene rings is 1. The monoisotopic (exact) mass is 284 g/mol. The van der Waals surface area contributed by atoms with E-state index in [0.29, 0.717) is 13.2 Å². The van der Waals surface area contributed by atoms with Gasteiger partial charge in [-0.05, 0) is 38.1 Å². The van der Waals surface area contributed by atoms with E-state index in [1.165, 1.54) is 0 Å². The Morgan fingerprint density at radius 1 is 1.24 bits per heavy atom. The van der Waals surface area contributed by atoms with Gasteiger partial charge in [-0.15, -0.1) is 0 Å². The van der Waals surface area contributed by atoms with Crippen LogP contribution in [0.25, 0.3) is 10.9 Å². The molecule has 0 unspecified atom stereocenters. The molecule has 1 aliphatic rings. The van der Waals surface area contributed by atoms with Crippen LogP contribution >= 0.6 is 0 Å². The van der Waals surface area contributed by atoms with E-state index in [2.05, 4.69) is 9.88 Å². The second kappa shape index (κ2) is 5.54. The third-order valence-electron chi connectivity index (χ3n) is 4.22. The number of aromatic nitrogens is 1. The molecular weight excluding hydrogens is 264 g/mol. The number of carbonyl (C=O) groups is 1. The number of nitrogens with zero attached hydrogens (tertiary/aromatic N) is 2. The number of hydrogen-bond acceptors (Lipinski definition) is 4. The highest BCUT2D eigenvalue weighted by Gasteiger charge is 2.35. The topological polar surface area (TPSA) is 42.4 Å². The molecule has 2 aromatic rings. The van der Waals surface area contributed by atoms with E-state index < -0.39 is 5.54 Å². The number of morpholine rings is 1. The molecule has 1 saturated heterocycles. The summed E-state index contributed by atoms with van der Waals surface area (Å²) in [6.45, 7) is 6.97. The first-order chi connectivity index (χ1) is 10.1. The van der Waals surface area contributed by atoms with Crippen LogP contribution in [0.3, 0.4) is 0 Å². The maximum absolute atomic E-state index is 12.9. The minimum absolute atomic E-state index is 0.148. The highest BCUT2D eigenvalue weighted by atomic mass is 16.5. The lowest BCUT2D eigenvalue weighted by atomic mass is 9.90. The number of fused-ring (bicyclic) bond motifs is 1. The summed E-state index contributed by atoms with van der Waals surface area (Å²) in [7, 11) is 0. The van der Waals surface area contributed by atoms with Gasteiger partial charge in [0.2, 0.25) is 0 Å². The maximum atomic E-state index is 12.9. The van der Waals surface area contributed by atoms with Gasteiger partial charge in [0.25, 0.3) is 0 Å². The van der Waals surface area contributed by atoms with Gasteiger partial charge in [-0.2, -0.15) is 0 Å². The van der Waals surface area contributed by atoms with Crippen LogP contribution in [0.15, 0.2) is 36.5 Å². The van der Waals surface area contributed by atoms with Gasteiger partial charge >= 0.3 is 0 Å². The van der Waals surface area contributed by atoms with Gasteiger partial charge in [0.05, 0.1) is 24.3 Å². The number of rotatable bonds is 3. The van der Waals surface area contributed by atoms with Crippen LogP contribution in [0.5, 0.6) is 0 Å². The number of ether oxygens (including phenoxy) is 1. The molecule has 1 aromatic heterocycles. The van der Waals surface area contributed by atoms with Crippen molar-refractivity contribution in [3.8, 4) is 0 Å². The molecule has 0 bridgehead atoms. The van der Waals surface area contributed by atoms with E-state index in [1.54, 1.807) is 6.20 Å². The zero-order valence-corrected chi connectivity index (χ0v) is 12.5. The van der Waals surface area contributed by atoms with Crippen LogP contribution < -0.4 is 0 Å². The summed E-state index contributed by atoms with van der Waals surface area (Å²) in [5.74, 6) is 0.148. The van der Waals surface area contributed by atoms with Gasteiger partial charge in [0, 0.05) is 30.2 Å². The first-order valence-electron chi connectivity index (χ1n) is 7.31. The minimum atomic E-state index is -0.514. The first kappa shape index (κ1) is 14.2. The van der Waals surface area contributed by atoms with Crippen molar-refractivity contribution in [1.82, 2.24) is 9.88 Å². The Hall–Kier alpha value is -1.78. The number of ketones is 1. The van der Waals surface area contributed by atoms with E-state index in [4.69, 9.17) is 4.74 Å². The van der Waals surface area contributed by atoms with Crippen molar-refractivity contribution in [2.75, 3.05) is 26.3 Å². The summed E-state index contributed by atoms with van der Waals surface area (Å²) in [6, 6.07) is 9.61. The zero-order valence-electron chi connectivity index (χ0n) is 12.5. The molecule has 2 heterocycles. The fourth-order valence-electron chi connectivity index (χ4n) is 2.84. The minimum Gasteiger partial charge on any atom is -0.379 e. The molecule has 0 radical (unpaired) electrons. The molecule has 1 fully saturated rings. The molecule has 0 aliphatic carbocycles. The SMILES string of the molecule is CC(C)(C(=O)c1ccc2ncccc2c1)N1CCOCC1. The van der Waals surface area contributed by atoms with Crippen LogP contribution in [-0.4, -0.2) is 47.5 Å². The largest absolute Gasteiger partial charge is 0.379 e. The standard InChI is InChI=1S/C17H20N2O2/c1-17(2,19-8-10-21-11-9-19)16(20)14-5-6-15-13(12-14)4-3-7-18-15/h3-7,12H,8-11H2,1-2H3. The second-order valence-electron chi connectivity index (χ2n) is 5.90. The molecule has 21 heavy (non-hydrogen) atoms. The summed E-state index contributed by atoms with van der Waals surface area (Å²) in [6.07, 6.45) is 1.77. The Kier molecular flexibility index (Phi) is 3.74. The Bertz CT molecular complexity index is 661. The summed E-state index contributed by atoms with van der Waals surface area (Å²) in [4.78, 5) is 19.4. The van der Waals surface area contributed by atoms with Crippen molar-refractivity contribution < 1.29 is 9.53 Å². The number of pyridine rings is 1. The Balaban J connectivity index is 1.91. The Labute approximate surface area is 124 Å². The molecule has 4 nitrogen and oxygen atoms in total. The van der Waals surface area contributed by atoms with E-state index >= 15 is 0 Å². The number of carbonyl (C=O) groups excluding carboxylic acids is 1. The lowest BCUT2D eigenvalue weighted by Crippen LogP contribution is -2.54. The van der Waals surface area contributed by atoms with Crippen molar-refractivity contribution in [3.63, 3.8) is 0 Å². The zero-order chi connectivity index (χ0) is 14.9. The molecule has 1 aliphatic heterocycles.